The molecule has 0 spiro atoms. The molecule has 3 heteroatoms. The zero-order valence-electron chi connectivity index (χ0n) is 11.5. The van der Waals surface area contributed by atoms with E-state index >= 15 is 0 Å². The van der Waals surface area contributed by atoms with Crippen LogP contribution in [0.3, 0.4) is 0 Å². The molecule has 0 aliphatic carbocycles. The Kier molecular flexibility index (Phi) is 5.90. The fourth-order valence-corrected chi connectivity index (χ4v) is 2.30. The number of aryl methyl sites for hydroxylation is 1. The first-order valence-electron chi connectivity index (χ1n) is 6.95. The molecule has 106 valence electrons. The quantitative estimate of drug-likeness (QED) is 0.775. The monoisotopic (exact) mass is 289 g/mol. The lowest BCUT2D eigenvalue weighted by Crippen LogP contribution is -2.04. The summed E-state index contributed by atoms with van der Waals surface area (Å²) >= 11 is 5.94. The average molecular weight is 290 g/mol. The summed E-state index contributed by atoms with van der Waals surface area (Å²) < 4.78 is 5.78. The van der Waals surface area contributed by atoms with Gasteiger partial charge in [0, 0.05) is 17.1 Å². The van der Waals surface area contributed by atoms with Crippen LogP contribution in [0.4, 0.5) is 0 Å². The minimum Gasteiger partial charge on any atom is -0.493 e. The Morgan fingerprint density at radius 2 is 1.80 bits per heavy atom. The Balaban J connectivity index is 1.73. The molecule has 2 nitrogen and oxygen atoms in total. The predicted octanol–water partition coefficient (Wildman–Crippen LogP) is 4.20. The van der Waals surface area contributed by atoms with Crippen molar-refractivity contribution >= 4 is 11.6 Å². The van der Waals surface area contributed by atoms with E-state index in [0.29, 0.717) is 18.2 Å². The van der Waals surface area contributed by atoms with Crippen molar-refractivity contribution in [2.45, 2.75) is 25.8 Å². The van der Waals surface area contributed by atoms with Crippen molar-refractivity contribution in [3.05, 3.63) is 64.7 Å². The lowest BCUT2D eigenvalue weighted by Gasteiger charge is -2.10. The summed E-state index contributed by atoms with van der Waals surface area (Å²) in [5.41, 5.74) is 8.02. The summed E-state index contributed by atoms with van der Waals surface area (Å²) in [6.07, 6.45) is 3.24. The molecule has 2 aromatic carbocycles. The Bertz CT molecular complexity index is 528. The number of nitrogens with two attached hydrogens (primary N) is 1. The Morgan fingerprint density at radius 3 is 2.55 bits per heavy atom. The SMILES string of the molecule is NCc1cc(Cl)ccc1OCCCCc1ccccc1. The number of unbranched alkanes of at least 4 members (excludes halogenated alkanes) is 1. The van der Waals surface area contributed by atoms with E-state index in [2.05, 4.69) is 24.3 Å². The van der Waals surface area contributed by atoms with Crippen LogP contribution in [-0.2, 0) is 13.0 Å². The fraction of sp³-hybridized carbons (Fsp3) is 0.294. The molecule has 0 saturated carbocycles. The first kappa shape index (κ1) is 14.9. The highest BCUT2D eigenvalue weighted by atomic mass is 35.5. The summed E-state index contributed by atoms with van der Waals surface area (Å²) in [6, 6.07) is 16.1. The highest BCUT2D eigenvalue weighted by Gasteiger charge is 2.03. The van der Waals surface area contributed by atoms with Gasteiger partial charge in [0.15, 0.2) is 0 Å². The van der Waals surface area contributed by atoms with Gasteiger partial charge >= 0.3 is 0 Å². The van der Waals surface area contributed by atoms with E-state index in [4.69, 9.17) is 22.1 Å². The second-order valence-electron chi connectivity index (χ2n) is 4.75. The first-order valence-corrected chi connectivity index (χ1v) is 7.32. The Labute approximate surface area is 125 Å². The van der Waals surface area contributed by atoms with Crippen molar-refractivity contribution in [3.8, 4) is 5.75 Å². The number of halogens is 1. The van der Waals surface area contributed by atoms with Crippen molar-refractivity contribution in [3.63, 3.8) is 0 Å². The van der Waals surface area contributed by atoms with E-state index in [1.165, 1.54) is 5.56 Å². The molecule has 0 fully saturated rings. The van der Waals surface area contributed by atoms with Gasteiger partial charge in [-0.2, -0.15) is 0 Å². The molecule has 0 aromatic heterocycles. The molecule has 0 aliphatic heterocycles. The van der Waals surface area contributed by atoms with Gasteiger partial charge in [-0.25, -0.2) is 0 Å². The van der Waals surface area contributed by atoms with Gasteiger partial charge in [-0.05, 0) is 43.0 Å². The minimum atomic E-state index is 0.444. The van der Waals surface area contributed by atoms with Crippen LogP contribution < -0.4 is 10.5 Å². The average Bonchev–Trinajstić information content (AvgIpc) is 2.49. The molecule has 0 radical (unpaired) electrons. The molecule has 20 heavy (non-hydrogen) atoms. The molecule has 0 unspecified atom stereocenters. The standard InChI is InChI=1S/C17H20ClNO/c18-16-9-10-17(15(12-16)13-19)20-11-5-4-8-14-6-2-1-3-7-14/h1-3,6-7,9-10,12H,4-5,8,11,13,19H2. The molecule has 0 amide bonds. The van der Waals surface area contributed by atoms with Crippen LogP contribution in [0, 0.1) is 0 Å². The van der Waals surface area contributed by atoms with Crippen LogP contribution in [0.5, 0.6) is 5.75 Å². The van der Waals surface area contributed by atoms with E-state index in [0.717, 1.165) is 30.6 Å². The molecule has 2 rings (SSSR count). The Morgan fingerprint density at radius 1 is 1.00 bits per heavy atom. The Hall–Kier alpha value is -1.51. The maximum Gasteiger partial charge on any atom is 0.123 e. The maximum atomic E-state index is 5.94. The van der Waals surface area contributed by atoms with Gasteiger partial charge < -0.3 is 10.5 Å². The number of hydrogen-bond donors (Lipinski definition) is 1. The number of ether oxygens (including phenoxy) is 1. The lowest BCUT2D eigenvalue weighted by molar-refractivity contribution is 0.304. The van der Waals surface area contributed by atoms with Crippen molar-refractivity contribution in [2.24, 2.45) is 5.73 Å². The topological polar surface area (TPSA) is 35.2 Å². The van der Waals surface area contributed by atoms with Crippen molar-refractivity contribution in [1.82, 2.24) is 0 Å². The largest absolute Gasteiger partial charge is 0.493 e. The summed E-state index contributed by atoms with van der Waals surface area (Å²) in [5.74, 6) is 0.844. The van der Waals surface area contributed by atoms with Gasteiger partial charge in [0.05, 0.1) is 6.61 Å². The van der Waals surface area contributed by atoms with Crippen LogP contribution >= 0.6 is 11.6 Å². The molecule has 0 bridgehead atoms. The van der Waals surface area contributed by atoms with E-state index < -0.39 is 0 Å². The van der Waals surface area contributed by atoms with Crippen LogP contribution in [0.2, 0.25) is 5.02 Å². The maximum absolute atomic E-state index is 5.94. The van der Waals surface area contributed by atoms with Crippen LogP contribution in [0.15, 0.2) is 48.5 Å². The third-order valence-corrected chi connectivity index (χ3v) is 3.44. The zero-order valence-corrected chi connectivity index (χ0v) is 12.3. The fourth-order valence-electron chi connectivity index (χ4n) is 2.11. The van der Waals surface area contributed by atoms with Crippen molar-refractivity contribution < 1.29 is 4.74 Å². The molecule has 0 heterocycles. The number of benzene rings is 2. The van der Waals surface area contributed by atoms with Gasteiger partial charge in [-0.3, -0.25) is 0 Å². The zero-order chi connectivity index (χ0) is 14.2. The molecular weight excluding hydrogens is 270 g/mol. The smallest absolute Gasteiger partial charge is 0.123 e. The summed E-state index contributed by atoms with van der Waals surface area (Å²) in [6.45, 7) is 1.15. The van der Waals surface area contributed by atoms with E-state index in [9.17, 15) is 0 Å². The minimum absolute atomic E-state index is 0.444. The molecule has 2 aromatic rings. The third-order valence-electron chi connectivity index (χ3n) is 3.20. The second kappa shape index (κ2) is 7.93. The van der Waals surface area contributed by atoms with Gasteiger partial charge in [0.1, 0.15) is 5.75 Å². The highest BCUT2D eigenvalue weighted by Crippen LogP contribution is 2.22. The van der Waals surface area contributed by atoms with Gasteiger partial charge in [0.25, 0.3) is 0 Å². The van der Waals surface area contributed by atoms with Gasteiger partial charge in [0.2, 0.25) is 0 Å². The van der Waals surface area contributed by atoms with E-state index in [-0.39, 0.29) is 0 Å². The number of hydrogen-bond acceptors (Lipinski definition) is 2. The summed E-state index contributed by atoms with van der Waals surface area (Å²) in [4.78, 5) is 0. The molecular formula is C17H20ClNO. The highest BCUT2D eigenvalue weighted by molar-refractivity contribution is 6.30. The molecule has 0 saturated heterocycles. The summed E-state index contributed by atoms with van der Waals surface area (Å²) in [7, 11) is 0. The number of rotatable bonds is 7. The summed E-state index contributed by atoms with van der Waals surface area (Å²) in [5, 5.41) is 0.696. The molecule has 0 aliphatic rings. The lowest BCUT2D eigenvalue weighted by atomic mass is 10.1. The normalized spacial score (nSPS) is 10.5. The van der Waals surface area contributed by atoms with E-state index in [1.807, 2.05) is 24.3 Å². The van der Waals surface area contributed by atoms with Gasteiger partial charge in [-0.1, -0.05) is 41.9 Å². The predicted molar refractivity (Wildman–Crippen MR) is 84.2 cm³/mol. The van der Waals surface area contributed by atoms with E-state index in [1.54, 1.807) is 0 Å². The van der Waals surface area contributed by atoms with Crippen LogP contribution in [-0.4, -0.2) is 6.61 Å². The first-order chi connectivity index (χ1) is 9.79. The van der Waals surface area contributed by atoms with Crippen molar-refractivity contribution in [2.75, 3.05) is 6.61 Å². The second-order valence-corrected chi connectivity index (χ2v) is 5.18. The van der Waals surface area contributed by atoms with Crippen LogP contribution in [0.25, 0.3) is 0 Å². The molecule has 0 atom stereocenters. The van der Waals surface area contributed by atoms with Crippen molar-refractivity contribution in [1.29, 1.82) is 0 Å². The van der Waals surface area contributed by atoms with Gasteiger partial charge in [-0.15, -0.1) is 0 Å². The third kappa shape index (κ3) is 4.55. The van der Waals surface area contributed by atoms with Crippen LogP contribution in [0.1, 0.15) is 24.0 Å². The molecule has 2 N–H and O–H groups in total.